The average molecular weight is 542 g/mol. The van der Waals surface area contributed by atoms with Crippen molar-refractivity contribution in [2.24, 2.45) is 0 Å². The number of carbonyl (C=O) groups excluding carboxylic acids is 2. The third-order valence-corrected chi connectivity index (χ3v) is 5.80. The van der Waals surface area contributed by atoms with Crippen LogP contribution in [0.4, 0.5) is 11.4 Å². The number of nitrogens with one attached hydrogen (secondary N) is 1. The van der Waals surface area contributed by atoms with Crippen molar-refractivity contribution in [1.29, 1.82) is 5.26 Å². The van der Waals surface area contributed by atoms with Gasteiger partial charge in [0.25, 0.3) is 11.6 Å². The Morgan fingerprint density at radius 1 is 1.00 bits per heavy atom. The van der Waals surface area contributed by atoms with Gasteiger partial charge in [0, 0.05) is 17.8 Å². The van der Waals surface area contributed by atoms with Gasteiger partial charge in [-0.2, -0.15) is 5.26 Å². The van der Waals surface area contributed by atoms with Gasteiger partial charge in [-0.15, -0.1) is 0 Å². The summed E-state index contributed by atoms with van der Waals surface area (Å²) in [7, 11) is 0. The van der Waals surface area contributed by atoms with Crippen molar-refractivity contribution >= 4 is 56.0 Å². The highest BCUT2D eigenvalue weighted by Gasteiger charge is 2.15. The summed E-state index contributed by atoms with van der Waals surface area (Å²) >= 11 is 3.37. The maximum absolute atomic E-state index is 12.8. The molecule has 9 heteroatoms. The van der Waals surface area contributed by atoms with Crippen LogP contribution >= 0.6 is 15.9 Å². The van der Waals surface area contributed by atoms with Gasteiger partial charge in [-0.1, -0.05) is 42.5 Å². The number of esters is 1. The molecule has 1 N–H and O–H groups in total. The molecule has 0 saturated carbocycles. The Hall–Kier alpha value is -4.81. The number of fused-ring (bicyclic) bond motifs is 1. The molecule has 0 aliphatic rings. The molecule has 0 unspecified atom stereocenters. The smallest absolute Gasteiger partial charge is 0.344 e. The molecule has 0 saturated heterocycles. The lowest BCUT2D eigenvalue weighted by Gasteiger charge is -2.09. The Labute approximate surface area is 213 Å². The van der Waals surface area contributed by atoms with Gasteiger partial charge in [0.15, 0.2) is 0 Å². The molecule has 0 bridgehead atoms. The van der Waals surface area contributed by atoms with Crippen molar-refractivity contribution in [3.05, 3.63) is 116 Å². The number of nitro groups is 1. The molecule has 8 nitrogen and oxygen atoms in total. The van der Waals surface area contributed by atoms with E-state index in [0.29, 0.717) is 21.3 Å². The number of benzene rings is 4. The van der Waals surface area contributed by atoms with Crippen molar-refractivity contribution in [1.82, 2.24) is 0 Å². The predicted molar refractivity (Wildman–Crippen MR) is 138 cm³/mol. The number of anilines is 1. The number of nitro benzene ring substituents is 1. The van der Waals surface area contributed by atoms with Crippen LogP contribution in [-0.2, 0) is 4.79 Å². The van der Waals surface area contributed by atoms with Gasteiger partial charge in [0.1, 0.15) is 17.4 Å². The number of nitrogens with zero attached hydrogens (tertiary/aromatic N) is 2. The fourth-order valence-corrected chi connectivity index (χ4v) is 3.91. The van der Waals surface area contributed by atoms with E-state index in [1.54, 1.807) is 30.3 Å². The molecule has 0 atom stereocenters. The topological polar surface area (TPSA) is 122 Å². The summed E-state index contributed by atoms with van der Waals surface area (Å²) in [6, 6.07) is 24.8. The summed E-state index contributed by atoms with van der Waals surface area (Å²) in [5.41, 5.74) is 0.959. The molecule has 0 fully saturated rings. The predicted octanol–water partition coefficient (Wildman–Crippen LogP) is 6.28. The molecule has 0 aliphatic carbocycles. The van der Waals surface area contributed by atoms with Crippen molar-refractivity contribution in [3.63, 3.8) is 0 Å². The Morgan fingerprint density at radius 2 is 1.72 bits per heavy atom. The zero-order valence-electron chi connectivity index (χ0n) is 18.5. The van der Waals surface area contributed by atoms with E-state index >= 15 is 0 Å². The first-order valence-corrected chi connectivity index (χ1v) is 11.3. The van der Waals surface area contributed by atoms with Crippen LogP contribution in [0.3, 0.4) is 0 Å². The summed E-state index contributed by atoms with van der Waals surface area (Å²) < 4.78 is 6.04. The van der Waals surface area contributed by atoms with Gasteiger partial charge in [-0.3, -0.25) is 14.9 Å². The molecule has 0 heterocycles. The molecular formula is C27H16BrN3O5. The Balaban J connectivity index is 1.50. The molecule has 0 aromatic heterocycles. The minimum absolute atomic E-state index is 0.116. The summed E-state index contributed by atoms with van der Waals surface area (Å²) in [6.45, 7) is 0. The quantitative estimate of drug-likeness (QED) is 0.0765. The number of carbonyl (C=O) groups is 2. The van der Waals surface area contributed by atoms with E-state index in [-0.39, 0.29) is 17.0 Å². The molecule has 0 radical (unpaired) electrons. The van der Waals surface area contributed by atoms with E-state index in [1.165, 1.54) is 30.3 Å². The van der Waals surface area contributed by atoms with Crippen LogP contribution in [0.5, 0.6) is 5.75 Å². The number of halogens is 1. The van der Waals surface area contributed by atoms with Crippen molar-refractivity contribution in [3.8, 4) is 11.8 Å². The third kappa shape index (κ3) is 5.46. The highest BCUT2D eigenvalue weighted by Crippen LogP contribution is 2.29. The largest absolute Gasteiger partial charge is 0.422 e. The van der Waals surface area contributed by atoms with E-state index < -0.39 is 16.8 Å². The monoisotopic (exact) mass is 541 g/mol. The lowest BCUT2D eigenvalue weighted by atomic mass is 10.0. The first-order chi connectivity index (χ1) is 17.4. The molecule has 0 aliphatic heterocycles. The first-order valence-electron chi connectivity index (χ1n) is 10.5. The Bertz CT molecular complexity index is 1570. The Kier molecular flexibility index (Phi) is 7.18. The molecule has 176 valence electrons. The highest BCUT2D eigenvalue weighted by molar-refractivity contribution is 9.10. The van der Waals surface area contributed by atoms with Crippen LogP contribution < -0.4 is 10.1 Å². The molecule has 36 heavy (non-hydrogen) atoms. The average Bonchev–Trinajstić information content (AvgIpc) is 2.88. The van der Waals surface area contributed by atoms with Gasteiger partial charge in [-0.05, 0) is 68.7 Å². The van der Waals surface area contributed by atoms with Gasteiger partial charge >= 0.3 is 5.97 Å². The fraction of sp³-hybridized carbons (Fsp3) is 0. The summed E-state index contributed by atoms with van der Waals surface area (Å²) in [4.78, 5) is 35.5. The molecule has 4 rings (SSSR count). The summed E-state index contributed by atoms with van der Waals surface area (Å²) in [5, 5.41) is 24.4. The fourth-order valence-electron chi connectivity index (χ4n) is 3.43. The van der Waals surface area contributed by atoms with E-state index in [4.69, 9.17) is 4.74 Å². The third-order valence-electron chi connectivity index (χ3n) is 5.18. The van der Waals surface area contributed by atoms with Crippen LogP contribution in [-0.4, -0.2) is 16.8 Å². The second-order valence-electron chi connectivity index (χ2n) is 7.53. The molecule has 4 aromatic carbocycles. The van der Waals surface area contributed by atoms with E-state index in [2.05, 4.69) is 21.2 Å². The number of ether oxygens (including phenoxy) is 1. The minimum Gasteiger partial charge on any atom is -0.422 e. The molecule has 0 spiro atoms. The number of rotatable bonds is 6. The second-order valence-corrected chi connectivity index (χ2v) is 8.39. The lowest BCUT2D eigenvalue weighted by Crippen LogP contribution is -2.13. The lowest BCUT2D eigenvalue weighted by molar-refractivity contribution is -0.384. The van der Waals surface area contributed by atoms with Crippen LogP contribution in [0.2, 0.25) is 0 Å². The van der Waals surface area contributed by atoms with Crippen molar-refractivity contribution in [2.75, 3.05) is 5.32 Å². The number of non-ortho nitro benzene ring substituents is 1. The van der Waals surface area contributed by atoms with Crippen LogP contribution in [0, 0.1) is 21.4 Å². The number of hydrogen-bond acceptors (Lipinski definition) is 6. The maximum Gasteiger partial charge on any atom is 0.344 e. The van der Waals surface area contributed by atoms with Crippen LogP contribution in [0.25, 0.3) is 16.8 Å². The van der Waals surface area contributed by atoms with Crippen LogP contribution in [0.1, 0.15) is 15.9 Å². The second kappa shape index (κ2) is 10.6. The van der Waals surface area contributed by atoms with E-state index in [0.717, 1.165) is 10.8 Å². The molecule has 1 amide bonds. The summed E-state index contributed by atoms with van der Waals surface area (Å²) in [5.74, 6) is -0.913. The normalized spacial score (nSPS) is 10.9. The SMILES string of the molecule is N#C/C(=C/c1ccc(OC(=O)c2cccc3ccccc23)c(Br)c1)C(=O)Nc1ccc([N+](=O)[O-])cc1. The number of nitriles is 1. The van der Waals surface area contributed by atoms with Crippen LogP contribution in [0.15, 0.2) is 95.0 Å². The van der Waals surface area contributed by atoms with Gasteiger partial charge in [0.2, 0.25) is 0 Å². The number of amides is 1. The standard InChI is InChI=1S/C27H16BrN3O5/c28-24-15-17(14-19(16-29)26(32)30-20-9-11-21(12-10-20)31(34)35)8-13-25(24)36-27(33)23-7-3-5-18-4-1-2-6-22(18)23/h1-15H,(H,30,32)/b19-14-. The Morgan fingerprint density at radius 3 is 2.42 bits per heavy atom. The van der Waals surface area contributed by atoms with Gasteiger partial charge < -0.3 is 10.1 Å². The molecular weight excluding hydrogens is 526 g/mol. The van der Waals surface area contributed by atoms with Gasteiger partial charge in [-0.25, -0.2) is 4.79 Å². The zero-order valence-corrected chi connectivity index (χ0v) is 20.1. The van der Waals surface area contributed by atoms with Crippen molar-refractivity contribution < 1.29 is 19.2 Å². The molecule has 4 aromatic rings. The highest BCUT2D eigenvalue weighted by atomic mass is 79.9. The van der Waals surface area contributed by atoms with Crippen molar-refractivity contribution in [2.45, 2.75) is 0 Å². The minimum atomic E-state index is -0.672. The zero-order chi connectivity index (χ0) is 25.7. The summed E-state index contributed by atoms with van der Waals surface area (Å²) in [6.07, 6.45) is 1.38. The van der Waals surface area contributed by atoms with E-state index in [9.17, 15) is 25.0 Å². The first kappa shape index (κ1) is 24.3. The maximum atomic E-state index is 12.8. The van der Waals surface area contributed by atoms with E-state index in [1.807, 2.05) is 36.4 Å². The number of hydrogen-bond donors (Lipinski definition) is 1. The van der Waals surface area contributed by atoms with Gasteiger partial charge in [0.05, 0.1) is 15.0 Å².